The smallest absolute Gasteiger partial charge is 0.348 e. The second-order valence-electron chi connectivity index (χ2n) is 10.4. The van der Waals surface area contributed by atoms with Crippen LogP contribution in [0, 0.1) is 30.1 Å². The number of ether oxygens (including phenoxy) is 1. The summed E-state index contributed by atoms with van der Waals surface area (Å²) in [6.45, 7) is 2.36. The molecule has 0 amide bonds. The Morgan fingerprint density at radius 2 is 1.82 bits per heavy atom. The van der Waals surface area contributed by atoms with E-state index in [2.05, 4.69) is 5.10 Å². The van der Waals surface area contributed by atoms with Crippen LogP contribution in [0.2, 0.25) is 5.02 Å². The number of rotatable bonds is 6. The third kappa shape index (κ3) is 3.71. The van der Waals surface area contributed by atoms with Gasteiger partial charge in [-0.2, -0.15) is 5.10 Å². The highest BCUT2D eigenvalue weighted by Gasteiger charge is 2.54. The number of benzene rings is 1. The van der Waals surface area contributed by atoms with Gasteiger partial charge >= 0.3 is 5.97 Å². The molecule has 0 N–H and O–H groups in total. The van der Waals surface area contributed by atoms with Gasteiger partial charge in [0.05, 0.1) is 12.2 Å². The van der Waals surface area contributed by atoms with Crippen molar-refractivity contribution in [3.05, 3.63) is 51.5 Å². The van der Waals surface area contributed by atoms with E-state index in [1.165, 1.54) is 30.6 Å². The van der Waals surface area contributed by atoms with Crippen molar-refractivity contribution in [1.29, 1.82) is 0 Å². The first-order valence-corrected chi connectivity index (χ1v) is 13.0. The maximum absolute atomic E-state index is 13.2. The molecule has 7 heteroatoms. The molecule has 0 spiro atoms. The van der Waals surface area contributed by atoms with Crippen molar-refractivity contribution in [2.24, 2.45) is 23.2 Å². The fourth-order valence-corrected chi connectivity index (χ4v) is 8.17. The Labute approximate surface area is 202 Å². The quantitative estimate of drug-likeness (QED) is 0.401. The van der Waals surface area contributed by atoms with Gasteiger partial charge in [0.1, 0.15) is 9.71 Å². The van der Waals surface area contributed by atoms with Crippen LogP contribution in [0.4, 0.5) is 0 Å². The minimum Gasteiger partial charge on any atom is -0.453 e. The number of aromatic nitrogens is 2. The molecule has 7 rings (SSSR count). The Morgan fingerprint density at radius 1 is 1.15 bits per heavy atom. The van der Waals surface area contributed by atoms with Gasteiger partial charge in [-0.15, -0.1) is 11.3 Å². The minimum absolute atomic E-state index is 0.107. The van der Waals surface area contributed by atoms with Gasteiger partial charge in [-0.05, 0) is 80.9 Å². The average Bonchev–Trinajstić information content (AvgIpc) is 3.34. The molecular formula is C26H27ClN2O3S. The van der Waals surface area contributed by atoms with E-state index in [9.17, 15) is 9.59 Å². The van der Waals surface area contributed by atoms with Gasteiger partial charge in [0.2, 0.25) is 0 Å². The fraction of sp³-hybridized carbons (Fsp3) is 0.500. The molecule has 4 saturated carbocycles. The van der Waals surface area contributed by atoms with Crippen LogP contribution in [0.25, 0.3) is 10.2 Å². The van der Waals surface area contributed by atoms with Crippen LogP contribution in [0.5, 0.6) is 0 Å². The summed E-state index contributed by atoms with van der Waals surface area (Å²) in [5.41, 5.74) is 1.60. The van der Waals surface area contributed by atoms with Crippen LogP contribution in [0.15, 0.2) is 30.3 Å². The number of halogens is 1. The van der Waals surface area contributed by atoms with Crippen molar-refractivity contribution in [2.45, 2.75) is 52.0 Å². The predicted molar refractivity (Wildman–Crippen MR) is 129 cm³/mol. The number of thiophene rings is 1. The molecule has 0 unspecified atom stereocenters. The zero-order valence-electron chi connectivity index (χ0n) is 18.7. The fourth-order valence-electron chi connectivity index (χ4n) is 6.92. The topological polar surface area (TPSA) is 61.2 Å². The maximum Gasteiger partial charge on any atom is 0.348 e. The zero-order chi connectivity index (χ0) is 22.7. The molecule has 172 valence electrons. The largest absolute Gasteiger partial charge is 0.453 e. The van der Waals surface area contributed by atoms with E-state index in [0.717, 1.165) is 40.7 Å². The first kappa shape index (κ1) is 21.4. The third-order valence-corrected chi connectivity index (χ3v) is 9.55. The average molecular weight is 483 g/mol. The van der Waals surface area contributed by atoms with Crippen LogP contribution in [-0.2, 0) is 16.1 Å². The maximum atomic E-state index is 13.2. The number of fused-ring (bicyclic) bond motifs is 1. The van der Waals surface area contributed by atoms with Crippen molar-refractivity contribution in [2.75, 3.05) is 6.61 Å². The van der Waals surface area contributed by atoms with Crippen LogP contribution in [0.1, 0.15) is 59.5 Å². The number of carbonyl (C=O) groups excluding carboxylic acids is 2. The van der Waals surface area contributed by atoms with E-state index in [0.29, 0.717) is 34.2 Å². The highest BCUT2D eigenvalue weighted by molar-refractivity contribution is 7.20. The molecule has 2 aromatic heterocycles. The predicted octanol–water partition coefficient (Wildman–Crippen LogP) is 6.05. The lowest BCUT2D eigenvalue weighted by Gasteiger charge is -2.55. The molecule has 5 nitrogen and oxygen atoms in total. The Hall–Kier alpha value is -2.18. The SMILES string of the molecule is Cc1nn(Cc2ccccc2Cl)c2sc(C(=O)OCC(=O)C34CC5CC(CC(C5)C3)C4)cc12. The summed E-state index contributed by atoms with van der Waals surface area (Å²) in [7, 11) is 0. The molecule has 4 aliphatic carbocycles. The first-order chi connectivity index (χ1) is 15.9. The van der Waals surface area contributed by atoms with Crippen LogP contribution >= 0.6 is 22.9 Å². The lowest BCUT2D eigenvalue weighted by Crippen LogP contribution is -2.51. The molecule has 3 aromatic rings. The van der Waals surface area contributed by atoms with Gasteiger partial charge in [0.15, 0.2) is 12.4 Å². The van der Waals surface area contributed by atoms with Gasteiger partial charge in [0, 0.05) is 15.8 Å². The number of hydrogen-bond acceptors (Lipinski definition) is 5. The van der Waals surface area contributed by atoms with Gasteiger partial charge in [-0.1, -0.05) is 29.8 Å². The van der Waals surface area contributed by atoms with Crippen LogP contribution in [0.3, 0.4) is 0 Å². The van der Waals surface area contributed by atoms with Crippen molar-refractivity contribution in [3.63, 3.8) is 0 Å². The van der Waals surface area contributed by atoms with Gasteiger partial charge < -0.3 is 4.74 Å². The number of nitrogens with zero attached hydrogens (tertiary/aromatic N) is 2. The lowest BCUT2D eigenvalue weighted by atomic mass is 9.48. The number of ketones is 1. The normalized spacial score (nSPS) is 27.9. The summed E-state index contributed by atoms with van der Waals surface area (Å²) in [6, 6.07) is 9.53. The molecule has 2 heterocycles. The molecule has 0 aliphatic heterocycles. The van der Waals surface area contributed by atoms with Crippen LogP contribution in [-0.4, -0.2) is 28.1 Å². The molecule has 4 bridgehead atoms. The van der Waals surface area contributed by atoms with Crippen molar-refractivity contribution in [1.82, 2.24) is 9.78 Å². The molecule has 1 aromatic carbocycles. The number of hydrogen-bond donors (Lipinski definition) is 0. The van der Waals surface area contributed by atoms with Crippen molar-refractivity contribution in [3.8, 4) is 0 Å². The number of aryl methyl sites for hydroxylation is 1. The zero-order valence-corrected chi connectivity index (χ0v) is 20.3. The van der Waals surface area contributed by atoms with Gasteiger partial charge in [0.25, 0.3) is 0 Å². The summed E-state index contributed by atoms with van der Waals surface area (Å²) in [4.78, 5) is 27.5. The Balaban J connectivity index is 1.17. The second-order valence-corrected chi connectivity index (χ2v) is 11.8. The highest BCUT2D eigenvalue weighted by Crippen LogP contribution is 2.60. The number of Topliss-reactive ketones (excluding diaryl/α,β-unsaturated/α-hetero) is 1. The van der Waals surface area contributed by atoms with Crippen molar-refractivity contribution >= 4 is 44.9 Å². The summed E-state index contributed by atoms with van der Waals surface area (Å²) >= 11 is 7.69. The second kappa shape index (κ2) is 7.95. The molecule has 4 aliphatic rings. The van der Waals surface area contributed by atoms with E-state index in [4.69, 9.17) is 16.3 Å². The standard InChI is InChI=1S/C26H27ClN2O3S/c1-15-20-9-22(33-24(20)29(28-15)13-19-4-2-3-5-21(19)27)25(31)32-14-23(30)26-10-16-6-17(11-26)8-18(7-16)12-26/h2-5,9,16-18H,6-8,10-14H2,1H3. The van der Waals surface area contributed by atoms with E-state index in [-0.39, 0.29) is 17.8 Å². The Kier molecular flexibility index (Phi) is 5.15. The minimum atomic E-state index is -0.419. The van der Waals surface area contributed by atoms with E-state index >= 15 is 0 Å². The van der Waals surface area contributed by atoms with E-state index in [1.54, 1.807) is 0 Å². The summed E-state index contributed by atoms with van der Waals surface area (Å²) in [6.07, 6.45) is 6.86. The molecule has 0 radical (unpaired) electrons. The number of esters is 1. The lowest BCUT2D eigenvalue weighted by molar-refractivity contribution is -0.147. The van der Waals surface area contributed by atoms with E-state index in [1.807, 2.05) is 41.9 Å². The molecular weight excluding hydrogens is 456 g/mol. The summed E-state index contributed by atoms with van der Waals surface area (Å²) in [5, 5.41) is 6.26. The van der Waals surface area contributed by atoms with Gasteiger partial charge in [-0.25, -0.2) is 4.79 Å². The van der Waals surface area contributed by atoms with E-state index < -0.39 is 5.97 Å². The molecule has 4 fully saturated rings. The third-order valence-electron chi connectivity index (χ3n) is 8.05. The molecule has 0 saturated heterocycles. The summed E-state index contributed by atoms with van der Waals surface area (Å²) < 4.78 is 7.45. The van der Waals surface area contributed by atoms with Crippen molar-refractivity contribution < 1.29 is 14.3 Å². The Bertz CT molecular complexity index is 1220. The number of carbonyl (C=O) groups is 2. The van der Waals surface area contributed by atoms with Gasteiger partial charge in [-0.3, -0.25) is 9.48 Å². The highest BCUT2D eigenvalue weighted by atomic mass is 35.5. The summed E-state index contributed by atoms with van der Waals surface area (Å²) in [5.74, 6) is 1.81. The van der Waals surface area contributed by atoms with Crippen LogP contribution < -0.4 is 0 Å². The Morgan fingerprint density at radius 3 is 2.48 bits per heavy atom. The molecule has 33 heavy (non-hydrogen) atoms. The first-order valence-electron chi connectivity index (χ1n) is 11.8. The monoisotopic (exact) mass is 482 g/mol. The molecule has 0 atom stereocenters.